The minimum atomic E-state index is -0.847. The highest BCUT2D eigenvalue weighted by atomic mass is 32.2. The normalized spacial score (nSPS) is 11.9. The van der Waals surface area contributed by atoms with E-state index in [9.17, 15) is 4.79 Å². The number of thioether (sulfide) groups is 1. The van der Waals surface area contributed by atoms with Gasteiger partial charge in [0.2, 0.25) is 12.7 Å². The molecule has 4 rings (SSSR count). The molecule has 0 unspecified atom stereocenters. The topological polar surface area (TPSA) is 94.9 Å². The molecule has 1 aliphatic rings. The zero-order valence-electron chi connectivity index (χ0n) is 15.6. The van der Waals surface area contributed by atoms with Gasteiger partial charge in [0.15, 0.2) is 17.3 Å². The average molecular weight is 411 g/mol. The third-order valence-electron chi connectivity index (χ3n) is 4.13. The SMILES string of the molecule is Cc1oc(-c2ccc3c(c2)OCO3)nc1Cc1ccc(C#CCSCC(=O)O)o1. The molecule has 0 radical (unpaired) electrons. The lowest BCUT2D eigenvalue weighted by molar-refractivity contribution is -0.133. The van der Waals surface area contributed by atoms with E-state index < -0.39 is 5.97 Å². The number of aliphatic carboxylic acids is 1. The lowest BCUT2D eigenvalue weighted by atomic mass is 10.2. The molecule has 148 valence electrons. The first-order chi connectivity index (χ1) is 14.1. The van der Waals surface area contributed by atoms with Gasteiger partial charge in [-0.3, -0.25) is 4.79 Å². The van der Waals surface area contributed by atoms with Crippen molar-refractivity contribution in [3.05, 3.63) is 53.3 Å². The Morgan fingerprint density at radius 3 is 2.93 bits per heavy atom. The Labute approximate surface area is 171 Å². The summed E-state index contributed by atoms with van der Waals surface area (Å²) in [6, 6.07) is 9.20. The van der Waals surface area contributed by atoms with Crippen LogP contribution in [0.4, 0.5) is 0 Å². The number of hydrogen-bond acceptors (Lipinski definition) is 7. The van der Waals surface area contributed by atoms with Gasteiger partial charge in [-0.1, -0.05) is 5.92 Å². The molecule has 3 aromatic rings. The minimum absolute atomic E-state index is 0.0369. The molecule has 0 aliphatic carbocycles. The van der Waals surface area contributed by atoms with Gasteiger partial charge in [0, 0.05) is 5.56 Å². The number of nitrogens with zero attached hydrogens (tertiary/aromatic N) is 1. The highest BCUT2D eigenvalue weighted by molar-refractivity contribution is 8.00. The number of benzene rings is 1. The number of aryl methyl sites for hydroxylation is 1. The standard InChI is InChI=1S/C21H17NO6S/c1-13-17(10-16-6-5-15(28-16)3-2-8-29-11-20(23)24)22-21(27-13)14-4-7-18-19(9-14)26-12-25-18/h4-7,9H,8,10-12H2,1H3,(H,23,24). The van der Waals surface area contributed by atoms with Crippen molar-refractivity contribution in [3.63, 3.8) is 0 Å². The number of oxazole rings is 1. The van der Waals surface area contributed by atoms with Crippen molar-refractivity contribution in [1.29, 1.82) is 0 Å². The predicted molar refractivity (Wildman–Crippen MR) is 106 cm³/mol. The van der Waals surface area contributed by atoms with E-state index >= 15 is 0 Å². The highest BCUT2D eigenvalue weighted by Gasteiger charge is 2.18. The summed E-state index contributed by atoms with van der Waals surface area (Å²) >= 11 is 1.25. The maximum absolute atomic E-state index is 10.5. The summed E-state index contributed by atoms with van der Waals surface area (Å²) in [6.45, 7) is 2.08. The van der Waals surface area contributed by atoms with Crippen molar-refractivity contribution < 1.29 is 28.2 Å². The fraction of sp³-hybridized carbons (Fsp3) is 0.238. The summed E-state index contributed by atoms with van der Waals surface area (Å²) in [6.07, 6.45) is 0.481. The van der Waals surface area contributed by atoms with E-state index in [2.05, 4.69) is 16.8 Å². The number of carbonyl (C=O) groups is 1. The Morgan fingerprint density at radius 1 is 1.21 bits per heavy atom. The molecule has 0 bridgehead atoms. The Balaban J connectivity index is 1.42. The molecule has 8 heteroatoms. The minimum Gasteiger partial charge on any atom is -0.481 e. The summed E-state index contributed by atoms with van der Waals surface area (Å²) in [5, 5.41) is 8.60. The van der Waals surface area contributed by atoms with Crippen LogP contribution in [0.3, 0.4) is 0 Å². The van der Waals surface area contributed by atoms with E-state index in [-0.39, 0.29) is 12.5 Å². The largest absolute Gasteiger partial charge is 0.481 e. The van der Waals surface area contributed by atoms with E-state index in [1.807, 2.05) is 31.2 Å². The van der Waals surface area contributed by atoms with Gasteiger partial charge in [0.05, 0.1) is 23.6 Å². The summed E-state index contributed by atoms with van der Waals surface area (Å²) in [5.74, 6) is 9.28. The molecule has 7 nitrogen and oxygen atoms in total. The third-order valence-corrected chi connectivity index (χ3v) is 4.93. The maximum atomic E-state index is 10.5. The van der Waals surface area contributed by atoms with Crippen LogP contribution >= 0.6 is 11.8 Å². The van der Waals surface area contributed by atoms with E-state index in [1.165, 1.54) is 11.8 Å². The van der Waals surface area contributed by atoms with Crippen molar-refractivity contribution in [1.82, 2.24) is 4.98 Å². The Bertz CT molecular complexity index is 1100. The van der Waals surface area contributed by atoms with Gasteiger partial charge in [-0.25, -0.2) is 4.98 Å². The number of hydrogen-bond donors (Lipinski definition) is 1. The molecule has 3 heterocycles. The van der Waals surface area contributed by atoms with E-state index in [0.29, 0.717) is 41.1 Å². The number of aromatic nitrogens is 1. The quantitative estimate of drug-likeness (QED) is 0.484. The first-order valence-electron chi connectivity index (χ1n) is 8.82. The molecule has 1 N–H and O–H groups in total. The number of carboxylic acids is 1. The van der Waals surface area contributed by atoms with Crippen LogP contribution < -0.4 is 9.47 Å². The summed E-state index contributed by atoms with van der Waals surface area (Å²) in [4.78, 5) is 15.1. The van der Waals surface area contributed by atoms with E-state index in [0.717, 1.165) is 17.0 Å². The Morgan fingerprint density at radius 2 is 2.07 bits per heavy atom. The van der Waals surface area contributed by atoms with E-state index in [1.54, 1.807) is 6.07 Å². The van der Waals surface area contributed by atoms with Crippen LogP contribution in [0, 0.1) is 18.8 Å². The number of furan rings is 1. The van der Waals surface area contributed by atoms with Gasteiger partial charge in [0.1, 0.15) is 11.5 Å². The average Bonchev–Trinajstić information content (AvgIpc) is 3.41. The van der Waals surface area contributed by atoms with Crippen LogP contribution in [0.5, 0.6) is 11.5 Å². The summed E-state index contributed by atoms with van der Waals surface area (Å²) in [5.41, 5.74) is 1.59. The maximum Gasteiger partial charge on any atom is 0.313 e. The molecule has 1 aromatic carbocycles. The first-order valence-corrected chi connectivity index (χ1v) is 9.97. The van der Waals surface area contributed by atoms with E-state index in [4.69, 9.17) is 23.4 Å². The van der Waals surface area contributed by atoms with Gasteiger partial charge < -0.3 is 23.4 Å². The Hall–Kier alpha value is -3.31. The molecule has 0 amide bonds. The summed E-state index contributed by atoms with van der Waals surface area (Å²) < 4.78 is 22.3. The zero-order chi connectivity index (χ0) is 20.2. The predicted octanol–water partition coefficient (Wildman–Crippen LogP) is 3.73. The molecule has 29 heavy (non-hydrogen) atoms. The van der Waals surface area contributed by atoms with Crippen LogP contribution in [0.25, 0.3) is 11.5 Å². The van der Waals surface area contributed by atoms with Crippen LogP contribution in [0.2, 0.25) is 0 Å². The first kappa shape index (κ1) is 19.0. The molecular weight excluding hydrogens is 394 g/mol. The molecule has 0 atom stereocenters. The van der Waals surface area contributed by atoms with Gasteiger partial charge in [-0.05, 0) is 43.2 Å². The van der Waals surface area contributed by atoms with Crippen LogP contribution in [0.1, 0.15) is 23.0 Å². The molecule has 2 aromatic heterocycles. The number of rotatable bonds is 6. The molecular formula is C21H17NO6S. The monoisotopic (exact) mass is 411 g/mol. The number of fused-ring (bicyclic) bond motifs is 1. The Kier molecular flexibility index (Phi) is 5.49. The number of carboxylic acid groups (broad SMARTS) is 1. The zero-order valence-corrected chi connectivity index (χ0v) is 16.4. The van der Waals surface area contributed by atoms with Crippen molar-refractivity contribution in [2.24, 2.45) is 0 Å². The van der Waals surface area contributed by atoms with Crippen LogP contribution in [-0.2, 0) is 11.2 Å². The van der Waals surface area contributed by atoms with Gasteiger partial charge >= 0.3 is 5.97 Å². The lowest BCUT2D eigenvalue weighted by Crippen LogP contribution is -1.97. The molecule has 0 saturated carbocycles. The highest BCUT2D eigenvalue weighted by Crippen LogP contribution is 2.36. The second kappa shape index (κ2) is 8.37. The summed E-state index contributed by atoms with van der Waals surface area (Å²) in [7, 11) is 0. The fourth-order valence-electron chi connectivity index (χ4n) is 2.76. The van der Waals surface area contributed by atoms with Gasteiger partial charge in [0.25, 0.3) is 0 Å². The molecule has 0 saturated heterocycles. The fourth-order valence-corrected chi connectivity index (χ4v) is 3.21. The van der Waals surface area contributed by atoms with Gasteiger partial charge in [-0.2, -0.15) is 0 Å². The number of ether oxygens (including phenoxy) is 2. The molecule has 0 spiro atoms. The van der Waals surface area contributed by atoms with Crippen molar-refractivity contribution >= 4 is 17.7 Å². The van der Waals surface area contributed by atoms with Crippen LogP contribution in [-0.4, -0.2) is 34.4 Å². The second-order valence-electron chi connectivity index (χ2n) is 6.22. The smallest absolute Gasteiger partial charge is 0.313 e. The molecule has 0 fully saturated rings. The van der Waals surface area contributed by atoms with Crippen LogP contribution in [0.15, 0.2) is 39.2 Å². The second-order valence-corrected chi connectivity index (χ2v) is 7.21. The van der Waals surface area contributed by atoms with Crippen molar-refractivity contribution in [2.75, 3.05) is 18.3 Å². The van der Waals surface area contributed by atoms with Crippen molar-refractivity contribution in [2.45, 2.75) is 13.3 Å². The third kappa shape index (κ3) is 4.58. The lowest BCUT2D eigenvalue weighted by Gasteiger charge is -1.98. The molecule has 1 aliphatic heterocycles. The van der Waals surface area contributed by atoms with Gasteiger partial charge in [-0.15, -0.1) is 11.8 Å². The van der Waals surface area contributed by atoms with Crippen molar-refractivity contribution in [3.8, 4) is 34.8 Å².